The Balaban J connectivity index is 2.19. The van der Waals surface area contributed by atoms with E-state index in [1.165, 1.54) is 0 Å². The number of nitrogens with one attached hydrogen (secondary N) is 1. The Kier molecular flexibility index (Phi) is 4.74. The zero-order valence-corrected chi connectivity index (χ0v) is 13.4. The van der Waals surface area contributed by atoms with Gasteiger partial charge in [0.05, 0.1) is 17.8 Å². The number of hydrogen-bond acceptors (Lipinski definition) is 5. The molecular formula is C14H16BrN5O. The molecule has 3 N–H and O–H groups in total. The average molecular weight is 350 g/mol. The molecule has 0 amide bonds. The maximum absolute atomic E-state index is 7.47. The minimum Gasteiger partial charge on any atom is -0.480 e. The standard InChI is InChI=1S/C14H16BrN5O/c1-20(14-18-7-11(15)13(19-14)21-2)8-9-4-3-5-10(6-9)12(16)17/h3-7H,8H2,1-2H3,(H3,16,17). The van der Waals surface area contributed by atoms with E-state index in [-0.39, 0.29) is 5.84 Å². The number of ether oxygens (including phenoxy) is 1. The zero-order chi connectivity index (χ0) is 15.4. The van der Waals surface area contributed by atoms with Gasteiger partial charge in [-0.15, -0.1) is 0 Å². The van der Waals surface area contributed by atoms with Crippen molar-refractivity contribution in [3.63, 3.8) is 0 Å². The first-order valence-corrected chi connectivity index (χ1v) is 7.01. The molecule has 0 bridgehead atoms. The van der Waals surface area contributed by atoms with Crippen LogP contribution in [0.2, 0.25) is 0 Å². The van der Waals surface area contributed by atoms with Crippen LogP contribution in [0.4, 0.5) is 5.95 Å². The summed E-state index contributed by atoms with van der Waals surface area (Å²) < 4.78 is 5.88. The average Bonchev–Trinajstić information content (AvgIpc) is 2.47. The van der Waals surface area contributed by atoms with Crippen molar-refractivity contribution in [2.75, 3.05) is 19.1 Å². The summed E-state index contributed by atoms with van der Waals surface area (Å²) in [7, 11) is 3.45. The van der Waals surface area contributed by atoms with E-state index in [9.17, 15) is 0 Å². The van der Waals surface area contributed by atoms with Crippen LogP contribution < -0.4 is 15.4 Å². The summed E-state index contributed by atoms with van der Waals surface area (Å²) in [4.78, 5) is 10.5. The number of rotatable bonds is 5. The van der Waals surface area contributed by atoms with Gasteiger partial charge in [0, 0.05) is 19.2 Å². The predicted octanol–water partition coefficient (Wildman–Crippen LogP) is 2.17. The third kappa shape index (κ3) is 3.69. The van der Waals surface area contributed by atoms with Crippen LogP contribution in [0.25, 0.3) is 0 Å². The van der Waals surface area contributed by atoms with E-state index >= 15 is 0 Å². The molecule has 2 aromatic rings. The Morgan fingerprint density at radius 1 is 1.48 bits per heavy atom. The van der Waals surface area contributed by atoms with Gasteiger partial charge in [0.15, 0.2) is 0 Å². The van der Waals surface area contributed by atoms with Crippen LogP contribution in [-0.2, 0) is 6.54 Å². The second-order valence-electron chi connectivity index (χ2n) is 4.50. The molecule has 7 heteroatoms. The highest BCUT2D eigenvalue weighted by Gasteiger charge is 2.10. The molecule has 0 atom stereocenters. The van der Waals surface area contributed by atoms with E-state index < -0.39 is 0 Å². The SMILES string of the molecule is COc1nc(N(C)Cc2cccc(C(=N)N)c2)ncc1Br. The fraction of sp³-hybridized carbons (Fsp3) is 0.214. The van der Waals surface area contributed by atoms with Gasteiger partial charge in [-0.05, 0) is 27.6 Å². The van der Waals surface area contributed by atoms with Crippen molar-refractivity contribution in [3.05, 3.63) is 46.1 Å². The fourth-order valence-electron chi connectivity index (χ4n) is 1.85. The van der Waals surface area contributed by atoms with Gasteiger partial charge in [-0.2, -0.15) is 4.98 Å². The molecule has 6 nitrogen and oxygen atoms in total. The Morgan fingerprint density at radius 2 is 2.24 bits per heavy atom. The van der Waals surface area contributed by atoms with Crippen molar-refractivity contribution in [3.8, 4) is 5.88 Å². The number of aromatic nitrogens is 2. The second-order valence-corrected chi connectivity index (χ2v) is 5.35. The molecule has 0 spiro atoms. The Bertz CT molecular complexity index is 662. The topological polar surface area (TPSA) is 88.1 Å². The van der Waals surface area contributed by atoms with Gasteiger partial charge in [0.2, 0.25) is 11.8 Å². The van der Waals surface area contributed by atoms with Crippen molar-refractivity contribution in [2.24, 2.45) is 5.73 Å². The molecule has 0 unspecified atom stereocenters. The van der Waals surface area contributed by atoms with Crippen LogP contribution >= 0.6 is 15.9 Å². The van der Waals surface area contributed by atoms with E-state index in [4.69, 9.17) is 15.9 Å². The Hall–Kier alpha value is -2.15. The van der Waals surface area contributed by atoms with Gasteiger partial charge >= 0.3 is 0 Å². The lowest BCUT2D eigenvalue weighted by Gasteiger charge is -2.18. The van der Waals surface area contributed by atoms with E-state index in [0.717, 1.165) is 5.56 Å². The van der Waals surface area contributed by atoms with Gasteiger partial charge in [-0.3, -0.25) is 5.41 Å². The van der Waals surface area contributed by atoms with Crippen LogP contribution in [0.1, 0.15) is 11.1 Å². The van der Waals surface area contributed by atoms with Crippen LogP contribution in [-0.4, -0.2) is 30.0 Å². The Labute approximate surface area is 131 Å². The zero-order valence-electron chi connectivity index (χ0n) is 11.8. The monoisotopic (exact) mass is 349 g/mol. The summed E-state index contributed by atoms with van der Waals surface area (Å²) >= 11 is 3.33. The van der Waals surface area contributed by atoms with Gasteiger partial charge in [0.25, 0.3) is 0 Å². The number of nitrogen functional groups attached to an aromatic ring is 1. The normalized spacial score (nSPS) is 10.2. The lowest BCUT2D eigenvalue weighted by atomic mass is 10.1. The lowest BCUT2D eigenvalue weighted by Crippen LogP contribution is -2.20. The number of amidine groups is 1. The van der Waals surface area contributed by atoms with Crippen molar-refractivity contribution in [2.45, 2.75) is 6.54 Å². The van der Waals surface area contributed by atoms with Gasteiger partial charge < -0.3 is 15.4 Å². The third-order valence-electron chi connectivity index (χ3n) is 2.89. The van der Waals surface area contributed by atoms with Gasteiger partial charge in [-0.1, -0.05) is 18.2 Å². The predicted molar refractivity (Wildman–Crippen MR) is 85.8 cm³/mol. The van der Waals surface area contributed by atoms with E-state index in [1.807, 2.05) is 36.2 Å². The largest absolute Gasteiger partial charge is 0.480 e. The quantitative estimate of drug-likeness (QED) is 0.637. The number of halogens is 1. The second kappa shape index (κ2) is 6.53. The summed E-state index contributed by atoms with van der Waals surface area (Å²) in [6, 6.07) is 7.54. The smallest absolute Gasteiger partial charge is 0.232 e. The molecule has 0 aliphatic rings. The Morgan fingerprint density at radius 3 is 2.90 bits per heavy atom. The number of anilines is 1. The number of hydrogen-bond donors (Lipinski definition) is 2. The summed E-state index contributed by atoms with van der Waals surface area (Å²) in [5, 5.41) is 7.47. The van der Waals surface area contributed by atoms with Crippen LogP contribution in [0.15, 0.2) is 34.9 Å². The molecule has 1 heterocycles. The summed E-state index contributed by atoms with van der Waals surface area (Å²) in [6.07, 6.45) is 1.66. The molecular weight excluding hydrogens is 334 g/mol. The van der Waals surface area contributed by atoms with E-state index in [0.29, 0.717) is 28.4 Å². The highest BCUT2D eigenvalue weighted by molar-refractivity contribution is 9.10. The molecule has 1 aromatic heterocycles. The first-order valence-electron chi connectivity index (χ1n) is 6.22. The molecule has 0 fully saturated rings. The maximum atomic E-state index is 7.47. The van der Waals surface area contributed by atoms with Gasteiger partial charge in [-0.25, -0.2) is 4.98 Å². The number of nitrogens with two attached hydrogens (primary N) is 1. The number of benzene rings is 1. The van der Waals surface area contributed by atoms with Gasteiger partial charge in [0.1, 0.15) is 5.84 Å². The molecule has 2 rings (SSSR count). The molecule has 1 aromatic carbocycles. The van der Waals surface area contributed by atoms with E-state index in [1.54, 1.807) is 13.3 Å². The minimum absolute atomic E-state index is 0.0565. The molecule has 0 aliphatic carbocycles. The first-order chi connectivity index (χ1) is 10.0. The highest BCUT2D eigenvalue weighted by Crippen LogP contribution is 2.23. The highest BCUT2D eigenvalue weighted by atomic mass is 79.9. The van der Waals surface area contributed by atoms with Crippen LogP contribution in [0, 0.1) is 5.41 Å². The maximum Gasteiger partial charge on any atom is 0.232 e. The van der Waals surface area contributed by atoms with Crippen LogP contribution in [0.3, 0.4) is 0 Å². The molecule has 0 radical (unpaired) electrons. The lowest BCUT2D eigenvalue weighted by molar-refractivity contribution is 0.394. The third-order valence-corrected chi connectivity index (χ3v) is 3.44. The van der Waals surface area contributed by atoms with Crippen molar-refractivity contribution < 1.29 is 4.74 Å². The molecule has 110 valence electrons. The first kappa shape index (κ1) is 15.2. The molecule has 0 saturated carbocycles. The number of methoxy groups -OCH3 is 1. The van der Waals surface area contributed by atoms with Crippen molar-refractivity contribution in [1.29, 1.82) is 5.41 Å². The molecule has 0 aliphatic heterocycles. The summed E-state index contributed by atoms with van der Waals surface area (Å²) in [6.45, 7) is 0.603. The number of nitrogens with zero attached hydrogens (tertiary/aromatic N) is 3. The van der Waals surface area contributed by atoms with Crippen LogP contribution in [0.5, 0.6) is 5.88 Å². The fourth-order valence-corrected chi connectivity index (χ4v) is 2.20. The minimum atomic E-state index is 0.0565. The van der Waals surface area contributed by atoms with Crippen molar-refractivity contribution >= 4 is 27.7 Å². The molecule has 21 heavy (non-hydrogen) atoms. The summed E-state index contributed by atoms with van der Waals surface area (Å²) in [5.74, 6) is 1.11. The van der Waals surface area contributed by atoms with E-state index in [2.05, 4.69) is 25.9 Å². The molecule has 0 saturated heterocycles. The summed E-state index contributed by atoms with van der Waals surface area (Å²) in [5.41, 5.74) is 7.23. The van der Waals surface area contributed by atoms with Crippen molar-refractivity contribution in [1.82, 2.24) is 9.97 Å².